The molecule has 102 valence electrons. The Labute approximate surface area is 106 Å². The zero-order valence-corrected chi connectivity index (χ0v) is 13.3. The van der Waals surface area contributed by atoms with Gasteiger partial charge < -0.3 is 4.43 Å². The Kier molecular flexibility index (Phi) is 5.59. The van der Waals surface area contributed by atoms with E-state index >= 15 is 0 Å². The van der Waals surface area contributed by atoms with Gasteiger partial charge in [0.15, 0.2) is 8.32 Å². The highest BCUT2D eigenvalue weighted by Gasteiger charge is 2.38. The molecule has 0 radical (unpaired) electrons. The molecule has 0 saturated heterocycles. The summed E-state index contributed by atoms with van der Waals surface area (Å²) in [6.45, 7) is 14.2. The molecule has 0 aromatic carbocycles. The summed E-state index contributed by atoms with van der Waals surface area (Å²) in [6, 6.07) is 0. The van der Waals surface area contributed by atoms with E-state index in [1.54, 1.807) is 6.08 Å². The molecular formula is C11H25NO3SSi. The molecule has 0 unspecified atom stereocenters. The van der Waals surface area contributed by atoms with Crippen LogP contribution in [0.3, 0.4) is 0 Å². The van der Waals surface area contributed by atoms with Gasteiger partial charge in [0, 0.05) is 0 Å². The summed E-state index contributed by atoms with van der Waals surface area (Å²) in [4.78, 5) is 0. The molecule has 0 spiro atoms. The first-order chi connectivity index (χ1) is 7.42. The lowest BCUT2D eigenvalue weighted by atomic mass is 10.2. The molecule has 0 rings (SSSR count). The number of allylic oxidation sites excluding steroid dienone is 1. The predicted octanol–water partition coefficient (Wildman–Crippen LogP) is 2.24. The first-order valence-electron chi connectivity index (χ1n) is 5.68. The van der Waals surface area contributed by atoms with Gasteiger partial charge in [-0.3, -0.25) is 0 Å². The minimum absolute atomic E-state index is 0.0596. The lowest BCUT2D eigenvalue weighted by molar-refractivity contribution is 0.284. The van der Waals surface area contributed by atoms with Crippen LogP contribution in [0, 0.1) is 0 Å². The van der Waals surface area contributed by atoms with E-state index in [4.69, 9.17) is 9.56 Å². The molecular weight excluding hydrogens is 254 g/mol. The average Bonchev–Trinajstić information content (AvgIpc) is 2.08. The maximum atomic E-state index is 11.4. The van der Waals surface area contributed by atoms with Crippen molar-refractivity contribution in [3.8, 4) is 0 Å². The van der Waals surface area contributed by atoms with Gasteiger partial charge in [0.1, 0.15) is 5.25 Å². The lowest BCUT2D eigenvalue weighted by Gasteiger charge is -2.37. The molecule has 0 aromatic rings. The second-order valence-corrected chi connectivity index (χ2v) is 12.5. The first-order valence-corrected chi connectivity index (χ1v) is 10.2. The van der Waals surface area contributed by atoms with Crippen LogP contribution in [0.15, 0.2) is 12.7 Å². The molecule has 17 heavy (non-hydrogen) atoms. The van der Waals surface area contributed by atoms with Gasteiger partial charge in [0.2, 0.25) is 10.0 Å². The van der Waals surface area contributed by atoms with Crippen LogP contribution < -0.4 is 5.14 Å². The van der Waals surface area contributed by atoms with Crippen molar-refractivity contribution in [1.82, 2.24) is 0 Å². The molecule has 6 heteroatoms. The van der Waals surface area contributed by atoms with Crippen molar-refractivity contribution < 1.29 is 12.8 Å². The topological polar surface area (TPSA) is 69.4 Å². The minimum Gasteiger partial charge on any atom is -0.415 e. The van der Waals surface area contributed by atoms with Crippen molar-refractivity contribution in [3.63, 3.8) is 0 Å². The standard InChI is InChI=1S/C11H25NO3SSi/c1-7-8-10(16(12,13)14)9-15-17(5,6)11(2,3)4/h7,10H,1,8-9H2,2-6H3,(H2,12,13,14)/t10-/m0/s1. The van der Waals surface area contributed by atoms with Crippen LogP contribution in [0.25, 0.3) is 0 Å². The SMILES string of the molecule is C=CC[C@@H](CO[Si](C)(C)C(C)(C)C)S(N)(=O)=O. The van der Waals surface area contributed by atoms with E-state index in [-0.39, 0.29) is 11.6 Å². The quantitative estimate of drug-likeness (QED) is 0.599. The Hall–Kier alpha value is -0.173. The fourth-order valence-corrected chi connectivity index (χ4v) is 2.83. The van der Waals surface area contributed by atoms with Gasteiger partial charge in [-0.05, 0) is 24.6 Å². The third-order valence-corrected chi connectivity index (χ3v) is 9.09. The fourth-order valence-electron chi connectivity index (χ4n) is 1.00. The molecule has 0 aliphatic carbocycles. The predicted molar refractivity (Wildman–Crippen MR) is 74.9 cm³/mol. The number of primary sulfonamides is 1. The number of sulfonamides is 1. The van der Waals surface area contributed by atoms with Crippen LogP contribution in [0.1, 0.15) is 27.2 Å². The highest BCUT2D eigenvalue weighted by molar-refractivity contribution is 7.89. The fraction of sp³-hybridized carbons (Fsp3) is 0.818. The van der Waals surface area contributed by atoms with Gasteiger partial charge in [-0.1, -0.05) is 26.8 Å². The van der Waals surface area contributed by atoms with E-state index in [0.29, 0.717) is 6.42 Å². The lowest BCUT2D eigenvalue weighted by Crippen LogP contribution is -2.44. The van der Waals surface area contributed by atoms with Crippen molar-refractivity contribution in [1.29, 1.82) is 0 Å². The summed E-state index contributed by atoms with van der Waals surface area (Å²) in [5.74, 6) is 0. The average molecular weight is 279 g/mol. The van der Waals surface area contributed by atoms with Gasteiger partial charge in [-0.15, -0.1) is 6.58 Å². The molecule has 0 aromatic heterocycles. The maximum Gasteiger partial charge on any atom is 0.214 e. The van der Waals surface area contributed by atoms with Crippen LogP contribution in [-0.2, 0) is 14.4 Å². The monoisotopic (exact) mass is 279 g/mol. The van der Waals surface area contributed by atoms with Crippen molar-refractivity contribution in [2.75, 3.05) is 6.61 Å². The Balaban J connectivity index is 4.68. The summed E-state index contributed by atoms with van der Waals surface area (Å²) in [5, 5.41) is 4.54. The Morgan fingerprint density at radius 2 is 1.88 bits per heavy atom. The van der Waals surface area contributed by atoms with Crippen LogP contribution in [0.2, 0.25) is 18.1 Å². The molecule has 0 saturated carbocycles. The Morgan fingerprint density at radius 1 is 1.41 bits per heavy atom. The Morgan fingerprint density at radius 3 is 2.18 bits per heavy atom. The summed E-state index contributed by atoms with van der Waals surface area (Å²) < 4.78 is 28.6. The maximum absolute atomic E-state index is 11.4. The summed E-state index contributed by atoms with van der Waals surface area (Å²) in [6.07, 6.45) is 1.89. The largest absolute Gasteiger partial charge is 0.415 e. The number of nitrogens with two attached hydrogens (primary N) is 1. The highest BCUT2D eigenvalue weighted by atomic mass is 32.2. The third-order valence-electron chi connectivity index (χ3n) is 3.33. The van der Waals surface area contributed by atoms with Crippen LogP contribution in [0.4, 0.5) is 0 Å². The van der Waals surface area contributed by atoms with Crippen molar-refractivity contribution >= 4 is 18.3 Å². The van der Waals surface area contributed by atoms with Crippen LogP contribution in [0.5, 0.6) is 0 Å². The molecule has 1 atom stereocenters. The van der Waals surface area contributed by atoms with Gasteiger partial charge in [0.25, 0.3) is 0 Å². The van der Waals surface area contributed by atoms with Crippen molar-refractivity contribution in [2.24, 2.45) is 5.14 Å². The molecule has 4 nitrogen and oxygen atoms in total. The van der Waals surface area contributed by atoms with Gasteiger partial charge >= 0.3 is 0 Å². The van der Waals surface area contributed by atoms with E-state index in [1.165, 1.54) is 0 Å². The normalized spacial score (nSPS) is 15.6. The van der Waals surface area contributed by atoms with E-state index in [9.17, 15) is 8.42 Å². The zero-order valence-electron chi connectivity index (χ0n) is 11.5. The van der Waals surface area contributed by atoms with Gasteiger partial charge in [-0.2, -0.15) is 0 Å². The summed E-state index contributed by atoms with van der Waals surface area (Å²) in [5.41, 5.74) is 0. The number of hydrogen-bond acceptors (Lipinski definition) is 3. The summed E-state index contributed by atoms with van der Waals surface area (Å²) >= 11 is 0. The zero-order chi connectivity index (χ0) is 13.9. The highest BCUT2D eigenvalue weighted by Crippen LogP contribution is 2.36. The van der Waals surface area contributed by atoms with E-state index < -0.39 is 23.6 Å². The van der Waals surface area contributed by atoms with Crippen molar-refractivity contribution in [2.45, 2.75) is 50.6 Å². The number of rotatable bonds is 6. The van der Waals surface area contributed by atoms with E-state index in [1.807, 2.05) is 0 Å². The first kappa shape index (κ1) is 16.8. The Bertz CT molecular complexity index is 357. The molecule has 0 aliphatic heterocycles. The van der Waals surface area contributed by atoms with Gasteiger partial charge in [-0.25, -0.2) is 13.6 Å². The smallest absolute Gasteiger partial charge is 0.214 e. The minimum atomic E-state index is -3.57. The van der Waals surface area contributed by atoms with Crippen LogP contribution >= 0.6 is 0 Å². The molecule has 0 heterocycles. The molecule has 0 bridgehead atoms. The van der Waals surface area contributed by atoms with Crippen molar-refractivity contribution in [3.05, 3.63) is 12.7 Å². The molecule has 0 aliphatic rings. The molecule has 2 N–H and O–H groups in total. The molecule has 0 fully saturated rings. The van der Waals surface area contributed by atoms with Crippen LogP contribution in [-0.4, -0.2) is 28.6 Å². The van der Waals surface area contributed by atoms with E-state index in [2.05, 4.69) is 40.4 Å². The van der Waals surface area contributed by atoms with Gasteiger partial charge in [0.05, 0.1) is 6.61 Å². The second-order valence-electron chi connectivity index (χ2n) is 5.81. The summed E-state index contributed by atoms with van der Waals surface area (Å²) in [7, 11) is -5.50. The second kappa shape index (κ2) is 5.64. The number of hydrogen-bond donors (Lipinski definition) is 1. The van der Waals surface area contributed by atoms with E-state index in [0.717, 1.165) is 0 Å². The molecule has 0 amide bonds. The third kappa shape index (κ3) is 5.33.